The molecular formula is C13H14INOS2. The Kier molecular flexibility index (Phi) is 4.45. The molecule has 2 aromatic rings. The zero-order valence-corrected chi connectivity index (χ0v) is 14.2. The van der Waals surface area contributed by atoms with Gasteiger partial charge in [0.2, 0.25) is 0 Å². The van der Waals surface area contributed by atoms with E-state index in [1.54, 1.807) is 22.7 Å². The van der Waals surface area contributed by atoms with Crippen LogP contribution in [0.3, 0.4) is 0 Å². The fourth-order valence-corrected chi connectivity index (χ4v) is 3.96. The van der Waals surface area contributed by atoms with Gasteiger partial charge in [-0.05, 0) is 54.6 Å². The Bertz CT molecular complexity index is 561. The third-order valence-corrected chi connectivity index (χ3v) is 5.85. The van der Waals surface area contributed by atoms with E-state index in [-0.39, 0.29) is 11.9 Å². The molecule has 0 bridgehead atoms. The molecule has 2 heterocycles. The normalized spacial score (nSPS) is 12.4. The molecule has 0 aliphatic rings. The summed E-state index contributed by atoms with van der Waals surface area (Å²) < 4.78 is 1.14. The lowest BCUT2D eigenvalue weighted by molar-refractivity contribution is 0.0745. The predicted molar refractivity (Wildman–Crippen MR) is 86.6 cm³/mol. The largest absolute Gasteiger partial charge is 0.334 e. The van der Waals surface area contributed by atoms with Gasteiger partial charge in [-0.25, -0.2) is 0 Å². The molecule has 0 fully saturated rings. The van der Waals surface area contributed by atoms with Crippen molar-refractivity contribution in [3.8, 4) is 0 Å². The van der Waals surface area contributed by atoms with Crippen LogP contribution in [0, 0.1) is 9.81 Å². The van der Waals surface area contributed by atoms with Crippen molar-refractivity contribution in [2.45, 2.75) is 19.9 Å². The number of nitrogens with zero attached hydrogens (tertiary/aromatic N) is 1. The van der Waals surface area contributed by atoms with Crippen molar-refractivity contribution in [2.24, 2.45) is 0 Å². The number of thiophene rings is 2. The Morgan fingerprint density at radius 1 is 1.44 bits per heavy atom. The van der Waals surface area contributed by atoms with E-state index in [1.807, 2.05) is 23.4 Å². The summed E-state index contributed by atoms with van der Waals surface area (Å²) in [6, 6.07) is 6.26. The van der Waals surface area contributed by atoms with Gasteiger partial charge in [-0.1, -0.05) is 0 Å². The minimum Gasteiger partial charge on any atom is -0.334 e. The van der Waals surface area contributed by atoms with E-state index in [9.17, 15) is 4.79 Å². The SMILES string of the molecule is Cc1ccc(C(C)N(C)C(=O)c2csc(I)c2)s1. The highest BCUT2D eigenvalue weighted by molar-refractivity contribution is 14.1. The van der Waals surface area contributed by atoms with Crippen LogP contribution in [0.2, 0.25) is 0 Å². The molecular weight excluding hydrogens is 377 g/mol. The van der Waals surface area contributed by atoms with Gasteiger partial charge < -0.3 is 4.90 Å². The van der Waals surface area contributed by atoms with E-state index >= 15 is 0 Å². The highest BCUT2D eigenvalue weighted by Crippen LogP contribution is 2.28. The van der Waals surface area contributed by atoms with Crippen LogP contribution in [0.1, 0.15) is 33.1 Å². The molecule has 0 aliphatic heterocycles. The third-order valence-electron chi connectivity index (χ3n) is 2.89. The molecule has 1 unspecified atom stereocenters. The summed E-state index contributed by atoms with van der Waals surface area (Å²) >= 11 is 5.59. The first-order chi connectivity index (χ1) is 8.49. The zero-order valence-electron chi connectivity index (χ0n) is 10.4. The van der Waals surface area contributed by atoms with Gasteiger partial charge in [-0.3, -0.25) is 4.79 Å². The standard InChI is InChI=1S/C13H14INOS2/c1-8-4-5-11(18-8)9(2)15(3)13(16)10-6-12(14)17-7-10/h4-7,9H,1-3H3. The van der Waals surface area contributed by atoms with Gasteiger partial charge in [0.15, 0.2) is 0 Å². The second kappa shape index (κ2) is 5.71. The second-order valence-corrected chi connectivity index (χ2v) is 8.30. The average Bonchev–Trinajstić information content (AvgIpc) is 2.95. The van der Waals surface area contributed by atoms with Crippen molar-refractivity contribution < 1.29 is 4.79 Å². The quantitative estimate of drug-likeness (QED) is 0.703. The van der Waals surface area contributed by atoms with Gasteiger partial charge in [0.25, 0.3) is 5.91 Å². The van der Waals surface area contributed by atoms with Crippen molar-refractivity contribution in [2.75, 3.05) is 7.05 Å². The van der Waals surface area contributed by atoms with Crippen molar-refractivity contribution in [1.29, 1.82) is 0 Å². The minimum absolute atomic E-state index is 0.0905. The molecule has 2 aromatic heterocycles. The molecule has 5 heteroatoms. The molecule has 2 rings (SSSR count). The van der Waals surface area contributed by atoms with Gasteiger partial charge in [-0.2, -0.15) is 0 Å². The zero-order chi connectivity index (χ0) is 13.3. The molecule has 0 aliphatic carbocycles. The van der Waals surface area contributed by atoms with Gasteiger partial charge in [0.1, 0.15) is 0 Å². The van der Waals surface area contributed by atoms with Gasteiger partial charge in [-0.15, -0.1) is 22.7 Å². The first-order valence-electron chi connectivity index (χ1n) is 5.56. The molecule has 1 amide bonds. The lowest BCUT2D eigenvalue weighted by atomic mass is 10.2. The summed E-state index contributed by atoms with van der Waals surface area (Å²) in [6.45, 7) is 4.16. The lowest BCUT2D eigenvalue weighted by Gasteiger charge is -2.23. The average molecular weight is 391 g/mol. The first kappa shape index (κ1) is 14.0. The number of hydrogen-bond acceptors (Lipinski definition) is 3. The number of aryl methyl sites for hydroxylation is 1. The molecule has 2 nitrogen and oxygen atoms in total. The van der Waals surface area contributed by atoms with E-state index in [0.29, 0.717) is 0 Å². The summed E-state index contributed by atoms with van der Waals surface area (Å²) in [6.07, 6.45) is 0. The Morgan fingerprint density at radius 2 is 2.17 bits per heavy atom. The van der Waals surface area contributed by atoms with Crippen LogP contribution >= 0.6 is 45.3 Å². The molecule has 0 spiro atoms. The molecule has 0 N–H and O–H groups in total. The molecule has 0 aromatic carbocycles. The van der Waals surface area contributed by atoms with Crippen LogP contribution in [0.25, 0.3) is 0 Å². The maximum absolute atomic E-state index is 12.3. The highest BCUT2D eigenvalue weighted by atomic mass is 127. The summed E-state index contributed by atoms with van der Waals surface area (Å²) in [5.41, 5.74) is 0.784. The number of rotatable bonds is 3. The fourth-order valence-electron chi connectivity index (χ4n) is 1.67. The van der Waals surface area contributed by atoms with Crippen molar-refractivity contribution >= 4 is 51.2 Å². The van der Waals surface area contributed by atoms with E-state index in [0.717, 1.165) is 8.45 Å². The fraction of sp³-hybridized carbons (Fsp3) is 0.308. The van der Waals surface area contributed by atoms with Crippen LogP contribution in [0.5, 0.6) is 0 Å². The first-order valence-corrected chi connectivity index (χ1v) is 8.34. The summed E-state index contributed by atoms with van der Waals surface area (Å²) in [5.74, 6) is 0.0905. The predicted octanol–water partition coefficient (Wildman–Crippen LogP) is 4.56. The highest BCUT2D eigenvalue weighted by Gasteiger charge is 2.20. The maximum atomic E-state index is 12.3. The Morgan fingerprint density at radius 3 is 2.67 bits per heavy atom. The summed E-state index contributed by atoms with van der Waals surface area (Å²) in [4.78, 5) is 16.6. The van der Waals surface area contributed by atoms with Gasteiger partial charge in [0.05, 0.1) is 14.5 Å². The van der Waals surface area contributed by atoms with E-state index < -0.39 is 0 Å². The molecule has 0 radical (unpaired) electrons. The minimum atomic E-state index is 0.0905. The number of halogens is 1. The lowest BCUT2D eigenvalue weighted by Crippen LogP contribution is -2.28. The molecule has 18 heavy (non-hydrogen) atoms. The Balaban J connectivity index is 2.16. The molecule has 0 saturated carbocycles. The third kappa shape index (κ3) is 2.95. The van der Waals surface area contributed by atoms with Crippen LogP contribution in [0.4, 0.5) is 0 Å². The number of carbonyl (C=O) groups is 1. The molecule has 1 atom stereocenters. The molecule has 0 saturated heterocycles. The second-order valence-electron chi connectivity index (χ2n) is 4.18. The van der Waals surface area contributed by atoms with Gasteiger partial charge >= 0.3 is 0 Å². The summed E-state index contributed by atoms with van der Waals surface area (Å²) in [7, 11) is 1.87. The smallest absolute Gasteiger partial charge is 0.255 e. The van der Waals surface area contributed by atoms with Crippen LogP contribution < -0.4 is 0 Å². The monoisotopic (exact) mass is 391 g/mol. The number of carbonyl (C=O) groups excluding carboxylic acids is 1. The Hall–Kier alpha value is -0.400. The van der Waals surface area contributed by atoms with Gasteiger partial charge in [0, 0.05) is 22.2 Å². The van der Waals surface area contributed by atoms with Crippen LogP contribution in [-0.2, 0) is 0 Å². The number of amides is 1. The Labute approximate surface area is 129 Å². The van der Waals surface area contributed by atoms with Crippen LogP contribution in [-0.4, -0.2) is 17.9 Å². The summed E-state index contributed by atoms with van der Waals surface area (Å²) in [5, 5.41) is 1.92. The van der Waals surface area contributed by atoms with E-state index in [1.165, 1.54) is 9.75 Å². The van der Waals surface area contributed by atoms with Crippen molar-refractivity contribution in [3.05, 3.63) is 41.8 Å². The van der Waals surface area contributed by atoms with Crippen LogP contribution in [0.15, 0.2) is 23.6 Å². The van der Waals surface area contributed by atoms with E-state index in [4.69, 9.17) is 0 Å². The van der Waals surface area contributed by atoms with E-state index in [2.05, 4.69) is 48.6 Å². The van der Waals surface area contributed by atoms with Crippen molar-refractivity contribution in [1.82, 2.24) is 4.90 Å². The topological polar surface area (TPSA) is 20.3 Å². The number of hydrogen-bond donors (Lipinski definition) is 0. The maximum Gasteiger partial charge on any atom is 0.255 e. The molecule has 96 valence electrons. The van der Waals surface area contributed by atoms with Crippen molar-refractivity contribution in [3.63, 3.8) is 0 Å².